The van der Waals surface area contributed by atoms with Gasteiger partial charge < -0.3 is 19.6 Å². The highest BCUT2D eigenvalue weighted by atomic mass is 16.3. The molecule has 6 heteroatoms. The first kappa shape index (κ1) is 22.0. The average Bonchev–Trinajstić information content (AvgIpc) is 3.48. The molecule has 2 aromatic carbocycles. The Balaban J connectivity index is 1.30. The second-order valence-electron chi connectivity index (χ2n) is 9.03. The smallest absolute Gasteiger partial charge is 0.240 e. The minimum Gasteiger partial charge on any atom is -0.467 e. The van der Waals surface area contributed by atoms with Crippen LogP contribution in [0.3, 0.4) is 0 Å². The summed E-state index contributed by atoms with van der Waals surface area (Å²) < 4.78 is 7.42. The molecule has 6 nitrogen and oxygen atoms in total. The number of hydrogen-bond acceptors (Lipinski definition) is 3. The molecule has 0 aliphatic heterocycles. The van der Waals surface area contributed by atoms with E-state index in [9.17, 15) is 9.59 Å². The maximum atomic E-state index is 13.0. The summed E-state index contributed by atoms with van der Waals surface area (Å²) in [6.07, 6.45) is 3.84. The Morgan fingerprint density at radius 1 is 1.03 bits per heavy atom. The van der Waals surface area contributed by atoms with Crippen molar-refractivity contribution in [3.05, 3.63) is 95.1 Å². The number of carbonyl (C=O) groups is 2. The summed E-state index contributed by atoms with van der Waals surface area (Å²) >= 11 is 0. The van der Waals surface area contributed by atoms with E-state index in [-0.39, 0.29) is 24.3 Å². The zero-order chi connectivity index (χ0) is 23.5. The number of para-hydroxylation sites is 1. The van der Waals surface area contributed by atoms with E-state index >= 15 is 0 Å². The lowest BCUT2D eigenvalue weighted by Crippen LogP contribution is -2.34. The Morgan fingerprint density at radius 2 is 1.91 bits per heavy atom. The summed E-state index contributed by atoms with van der Waals surface area (Å²) in [5.41, 5.74) is 5.70. The molecule has 174 valence electrons. The first-order chi connectivity index (χ1) is 16.6. The van der Waals surface area contributed by atoms with Gasteiger partial charge in [0.15, 0.2) is 0 Å². The molecule has 0 radical (unpaired) electrons. The van der Waals surface area contributed by atoms with Gasteiger partial charge in [-0.1, -0.05) is 48.0 Å². The molecule has 2 heterocycles. The lowest BCUT2D eigenvalue weighted by molar-refractivity contribution is -0.125. The van der Waals surface area contributed by atoms with Crippen molar-refractivity contribution >= 4 is 22.7 Å². The van der Waals surface area contributed by atoms with E-state index in [0.29, 0.717) is 19.5 Å². The molecule has 0 saturated heterocycles. The highest BCUT2D eigenvalue weighted by Gasteiger charge is 2.29. The van der Waals surface area contributed by atoms with Crippen molar-refractivity contribution in [3.8, 4) is 0 Å². The van der Waals surface area contributed by atoms with Crippen LogP contribution in [0.1, 0.15) is 34.6 Å². The van der Waals surface area contributed by atoms with Crippen molar-refractivity contribution in [2.24, 2.45) is 5.92 Å². The molecule has 0 spiro atoms. The van der Waals surface area contributed by atoms with E-state index in [4.69, 9.17) is 4.42 Å². The highest BCUT2D eigenvalue weighted by Crippen LogP contribution is 2.34. The van der Waals surface area contributed by atoms with Crippen LogP contribution >= 0.6 is 0 Å². The molecule has 2 amide bonds. The first-order valence-corrected chi connectivity index (χ1v) is 11.8. The van der Waals surface area contributed by atoms with E-state index in [1.807, 2.05) is 36.4 Å². The second-order valence-corrected chi connectivity index (χ2v) is 9.03. The maximum absolute atomic E-state index is 13.0. The van der Waals surface area contributed by atoms with E-state index in [1.165, 1.54) is 11.1 Å². The van der Waals surface area contributed by atoms with Crippen LogP contribution in [0.25, 0.3) is 10.9 Å². The van der Waals surface area contributed by atoms with Gasteiger partial charge in [-0.2, -0.15) is 0 Å². The number of furan rings is 1. The molecule has 0 fully saturated rings. The largest absolute Gasteiger partial charge is 0.467 e. The molecule has 1 atom stereocenters. The van der Waals surface area contributed by atoms with Gasteiger partial charge in [-0.05, 0) is 55.5 Å². The van der Waals surface area contributed by atoms with Gasteiger partial charge in [0.25, 0.3) is 0 Å². The molecule has 2 aromatic heterocycles. The highest BCUT2D eigenvalue weighted by molar-refractivity contribution is 5.89. The van der Waals surface area contributed by atoms with E-state index in [1.54, 1.807) is 6.26 Å². The van der Waals surface area contributed by atoms with Crippen LogP contribution in [0.5, 0.6) is 0 Å². The summed E-state index contributed by atoms with van der Waals surface area (Å²) in [5, 5.41) is 7.20. The zero-order valence-corrected chi connectivity index (χ0v) is 19.3. The maximum Gasteiger partial charge on any atom is 0.240 e. The van der Waals surface area contributed by atoms with E-state index in [2.05, 4.69) is 46.4 Å². The summed E-state index contributed by atoms with van der Waals surface area (Å²) in [4.78, 5) is 25.7. The van der Waals surface area contributed by atoms with Gasteiger partial charge in [0.1, 0.15) is 12.3 Å². The number of hydrogen-bond donors (Lipinski definition) is 2. The SMILES string of the molecule is Cc1cccc(CNC(=O)C2CCc3c(c4ccccc4n3CC(=O)NCc3ccco3)C2)c1. The monoisotopic (exact) mass is 455 g/mol. The van der Waals surface area contributed by atoms with Crippen LogP contribution in [-0.2, 0) is 42.1 Å². The number of aromatic nitrogens is 1. The molecule has 4 aromatic rings. The Morgan fingerprint density at radius 3 is 2.74 bits per heavy atom. The number of aryl methyl sites for hydroxylation is 1. The zero-order valence-electron chi connectivity index (χ0n) is 19.3. The normalized spacial score (nSPS) is 15.1. The molecule has 34 heavy (non-hydrogen) atoms. The number of fused-ring (bicyclic) bond motifs is 3. The number of amides is 2. The number of rotatable bonds is 7. The topological polar surface area (TPSA) is 76.3 Å². The second kappa shape index (κ2) is 9.59. The van der Waals surface area contributed by atoms with Crippen LogP contribution < -0.4 is 10.6 Å². The molecule has 0 bridgehead atoms. The van der Waals surface area contributed by atoms with Gasteiger partial charge in [0.2, 0.25) is 11.8 Å². The van der Waals surface area contributed by atoms with Crippen molar-refractivity contribution in [2.45, 2.75) is 45.8 Å². The molecule has 1 aliphatic rings. The minimum absolute atomic E-state index is 0.0574. The van der Waals surface area contributed by atoms with Crippen molar-refractivity contribution in [1.29, 1.82) is 0 Å². The lowest BCUT2D eigenvalue weighted by atomic mass is 9.85. The van der Waals surface area contributed by atoms with Gasteiger partial charge in [0, 0.05) is 29.1 Å². The Hall–Kier alpha value is -3.80. The fourth-order valence-corrected chi connectivity index (χ4v) is 4.96. The van der Waals surface area contributed by atoms with Crippen LogP contribution in [0.4, 0.5) is 0 Å². The molecule has 5 rings (SSSR count). The third-order valence-corrected chi connectivity index (χ3v) is 6.64. The van der Waals surface area contributed by atoms with Crippen molar-refractivity contribution in [1.82, 2.24) is 15.2 Å². The molecular formula is C28H29N3O3. The number of nitrogens with zero attached hydrogens (tertiary/aromatic N) is 1. The lowest BCUT2D eigenvalue weighted by Gasteiger charge is -2.23. The van der Waals surface area contributed by atoms with Crippen LogP contribution in [0.2, 0.25) is 0 Å². The van der Waals surface area contributed by atoms with Gasteiger partial charge in [-0.3, -0.25) is 9.59 Å². The van der Waals surface area contributed by atoms with Gasteiger partial charge >= 0.3 is 0 Å². The van der Waals surface area contributed by atoms with Crippen molar-refractivity contribution in [2.75, 3.05) is 0 Å². The number of carbonyl (C=O) groups excluding carboxylic acids is 2. The Labute approximate surface area is 199 Å². The van der Waals surface area contributed by atoms with Gasteiger partial charge in [-0.15, -0.1) is 0 Å². The predicted molar refractivity (Wildman–Crippen MR) is 131 cm³/mol. The molecular weight excluding hydrogens is 426 g/mol. The first-order valence-electron chi connectivity index (χ1n) is 11.8. The molecule has 0 saturated carbocycles. The van der Waals surface area contributed by atoms with Crippen LogP contribution in [-0.4, -0.2) is 16.4 Å². The minimum atomic E-state index is -0.0654. The fraction of sp³-hybridized carbons (Fsp3) is 0.286. The quantitative estimate of drug-likeness (QED) is 0.437. The van der Waals surface area contributed by atoms with Crippen LogP contribution in [0, 0.1) is 12.8 Å². The van der Waals surface area contributed by atoms with Crippen molar-refractivity contribution < 1.29 is 14.0 Å². The van der Waals surface area contributed by atoms with Crippen LogP contribution in [0.15, 0.2) is 71.3 Å². The van der Waals surface area contributed by atoms with Gasteiger partial charge in [-0.25, -0.2) is 0 Å². The molecule has 1 aliphatic carbocycles. The number of nitrogens with one attached hydrogen (secondary N) is 2. The van der Waals surface area contributed by atoms with Crippen molar-refractivity contribution in [3.63, 3.8) is 0 Å². The molecule has 2 N–H and O–H groups in total. The molecule has 1 unspecified atom stereocenters. The third-order valence-electron chi connectivity index (χ3n) is 6.64. The van der Waals surface area contributed by atoms with Gasteiger partial charge in [0.05, 0.1) is 12.8 Å². The van der Waals surface area contributed by atoms with E-state index < -0.39 is 0 Å². The Bertz CT molecular complexity index is 1320. The summed E-state index contributed by atoms with van der Waals surface area (Å²) in [5.74, 6) is 0.703. The average molecular weight is 456 g/mol. The standard InChI is InChI=1S/C28H29N3O3/c1-19-6-4-7-20(14-19)16-30-28(33)21-11-12-26-24(15-21)23-9-2-3-10-25(23)31(26)18-27(32)29-17-22-8-5-13-34-22/h2-10,13-14,21H,11-12,15-18H2,1H3,(H,29,32)(H,30,33). The summed E-state index contributed by atoms with van der Waals surface area (Å²) in [6.45, 7) is 3.22. The predicted octanol–water partition coefficient (Wildman–Crippen LogP) is 4.28. The number of benzene rings is 2. The Kier molecular flexibility index (Phi) is 6.21. The third kappa shape index (κ3) is 4.62. The summed E-state index contributed by atoms with van der Waals surface area (Å²) in [6, 6.07) is 20.0. The summed E-state index contributed by atoms with van der Waals surface area (Å²) in [7, 11) is 0. The fourth-order valence-electron chi connectivity index (χ4n) is 4.96. The van der Waals surface area contributed by atoms with E-state index in [0.717, 1.165) is 40.8 Å².